The molecule has 0 amide bonds. The molecule has 0 N–H and O–H groups in total. The number of esters is 4. The number of nitrogens with zero attached hydrogens (tertiary/aromatic N) is 3. The van der Waals surface area contributed by atoms with Crippen molar-refractivity contribution in [2.75, 3.05) is 114 Å². The third kappa shape index (κ3) is 44.8. The van der Waals surface area contributed by atoms with Gasteiger partial charge in [0.05, 0.1) is 25.0 Å². The maximum atomic E-state index is 12.8. The quantitative estimate of drug-likeness (QED) is 0.0242. The van der Waals surface area contributed by atoms with Crippen LogP contribution in [0.3, 0.4) is 0 Å². The van der Waals surface area contributed by atoms with Crippen LogP contribution < -0.4 is 0 Å². The van der Waals surface area contributed by atoms with Gasteiger partial charge in [0.15, 0.2) is 0 Å². The summed E-state index contributed by atoms with van der Waals surface area (Å²) in [7, 11) is 10.2. The maximum absolute atomic E-state index is 12.8. The minimum atomic E-state index is -0.754. The summed E-state index contributed by atoms with van der Waals surface area (Å²) >= 11 is 0. The van der Waals surface area contributed by atoms with E-state index >= 15 is 0 Å². The van der Waals surface area contributed by atoms with Gasteiger partial charge in [-0.15, -0.1) is 0 Å². The summed E-state index contributed by atoms with van der Waals surface area (Å²) in [6.07, 6.45) is 68.8. The molecule has 17 heteroatoms. The Kier molecular flexibility index (Phi) is 49.7. The van der Waals surface area contributed by atoms with Crippen LogP contribution in [0.4, 0.5) is 9.59 Å². The maximum Gasteiger partial charge on any atom is 0.508 e. The molecule has 614 valence electrons. The molecule has 17 nitrogen and oxygen atoms in total. The highest BCUT2D eigenvalue weighted by Gasteiger charge is 2.51. The lowest BCUT2D eigenvalue weighted by atomic mass is 9.48. The molecule has 0 aromatic carbocycles. The number of hydrogen-bond acceptors (Lipinski definition) is 17. The third-order valence-electron chi connectivity index (χ3n) is 23.5. The van der Waals surface area contributed by atoms with Crippen molar-refractivity contribution in [2.24, 2.45) is 58.2 Å². The molecule has 2 atom stereocenters. The van der Waals surface area contributed by atoms with Crippen LogP contribution >= 0.6 is 0 Å². The van der Waals surface area contributed by atoms with E-state index in [1.54, 1.807) is 0 Å². The fourth-order valence-corrected chi connectivity index (χ4v) is 18.5. The second-order valence-electron chi connectivity index (χ2n) is 34.5. The molecule has 8 aliphatic rings. The predicted molar refractivity (Wildman–Crippen MR) is 431 cm³/mol. The summed E-state index contributed by atoms with van der Waals surface area (Å²) in [6, 6.07) is 0. The highest BCUT2D eigenvalue weighted by molar-refractivity contribution is 5.70. The first kappa shape index (κ1) is 92.9. The van der Waals surface area contributed by atoms with Crippen molar-refractivity contribution in [3.8, 4) is 0 Å². The van der Waals surface area contributed by atoms with Crippen molar-refractivity contribution in [3.63, 3.8) is 0 Å². The van der Waals surface area contributed by atoms with Gasteiger partial charge in [0.1, 0.15) is 39.6 Å². The predicted octanol–water partition coefficient (Wildman–Crippen LogP) is 21.1. The molecule has 8 saturated carbocycles. The van der Waals surface area contributed by atoms with Crippen LogP contribution in [0.5, 0.6) is 0 Å². The van der Waals surface area contributed by atoms with Crippen LogP contribution in [0.2, 0.25) is 0 Å². The molecule has 0 aromatic heterocycles. The zero-order valence-corrected chi connectivity index (χ0v) is 69.0. The van der Waals surface area contributed by atoms with Gasteiger partial charge in [0.25, 0.3) is 0 Å². The number of hydrogen-bond donors (Lipinski definition) is 0. The Balaban J connectivity index is 0.000000384. The minimum Gasteiger partial charge on any atom is -0.465 e. The van der Waals surface area contributed by atoms with Gasteiger partial charge in [-0.3, -0.25) is 19.2 Å². The van der Waals surface area contributed by atoms with Gasteiger partial charge in [0.2, 0.25) is 0 Å². The van der Waals surface area contributed by atoms with Crippen LogP contribution in [0.15, 0.2) is 48.6 Å². The van der Waals surface area contributed by atoms with Gasteiger partial charge >= 0.3 is 36.2 Å². The molecule has 2 unspecified atom stereocenters. The highest BCUT2D eigenvalue weighted by Crippen LogP contribution is 2.63. The fourth-order valence-electron chi connectivity index (χ4n) is 18.5. The van der Waals surface area contributed by atoms with Crippen molar-refractivity contribution >= 4 is 36.2 Å². The van der Waals surface area contributed by atoms with Crippen LogP contribution in [0.25, 0.3) is 0 Å². The van der Waals surface area contributed by atoms with Gasteiger partial charge in [-0.2, -0.15) is 0 Å². The van der Waals surface area contributed by atoms with Gasteiger partial charge in [-0.1, -0.05) is 140 Å². The summed E-state index contributed by atoms with van der Waals surface area (Å²) in [4.78, 5) is 81.8. The molecule has 107 heavy (non-hydrogen) atoms. The molecule has 0 spiro atoms. The summed E-state index contributed by atoms with van der Waals surface area (Å²) in [6.45, 7) is 8.76. The van der Waals surface area contributed by atoms with Crippen molar-refractivity contribution in [1.82, 2.24) is 14.7 Å². The zero-order valence-electron chi connectivity index (χ0n) is 69.0. The Bertz CT molecular complexity index is 2440. The lowest BCUT2D eigenvalue weighted by molar-refractivity contribution is -0.152. The van der Waals surface area contributed by atoms with E-state index < -0.39 is 24.1 Å². The summed E-state index contributed by atoms with van der Waals surface area (Å²) in [5.74, 6) is 3.57. The molecular formula is C90H155N3O14. The number of carbonyl (C=O) groups is 6. The van der Waals surface area contributed by atoms with E-state index in [2.05, 4.69) is 84.2 Å². The second kappa shape index (κ2) is 57.3. The van der Waals surface area contributed by atoms with Crippen molar-refractivity contribution in [3.05, 3.63) is 48.6 Å². The van der Waals surface area contributed by atoms with Crippen molar-refractivity contribution in [1.29, 1.82) is 0 Å². The van der Waals surface area contributed by atoms with E-state index in [1.165, 1.54) is 167 Å². The molecule has 8 aliphatic carbocycles. The molecule has 0 aliphatic heterocycles. The topological polar surface area (TPSA) is 186 Å². The zero-order chi connectivity index (χ0) is 76.8. The normalized spacial score (nSPS) is 22.5. The van der Waals surface area contributed by atoms with E-state index in [0.717, 1.165) is 164 Å². The Hall–Kier alpha value is -4.74. The number of unbranched alkanes of at least 4 members (excludes halogenated alkanes) is 19. The summed E-state index contributed by atoms with van der Waals surface area (Å²) in [5.41, 5.74) is 0.901. The Labute approximate surface area is 651 Å². The first-order valence-electron chi connectivity index (χ1n) is 43.7. The van der Waals surface area contributed by atoms with Gasteiger partial charge in [-0.05, 0) is 287 Å². The number of allylic oxidation sites excluding steroid dienone is 8. The molecule has 0 heterocycles. The minimum absolute atomic E-state index is 0.0324. The molecular weight excluding hydrogens is 1350 g/mol. The summed E-state index contributed by atoms with van der Waals surface area (Å²) < 4.78 is 43.7. The highest BCUT2D eigenvalue weighted by atomic mass is 16.7. The molecule has 8 bridgehead atoms. The van der Waals surface area contributed by atoms with E-state index in [1.807, 2.05) is 28.2 Å². The smallest absolute Gasteiger partial charge is 0.465 e. The molecule has 0 saturated heterocycles. The van der Waals surface area contributed by atoms with Crippen LogP contribution in [-0.2, 0) is 57.1 Å². The molecule has 0 aromatic rings. The molecule has 8 fully saturated rings. The summed E-state index contributed by atoms with van der Waals surface area (Å²) in [5, 5.41) is 0. The lowest BCUT2D eigenvalue weighted by Crippen LogP contribution is -2.46. The first-order chi connectivity index (χ1) is 51.9. The fraction of sp³-hybridized carbons (Fsp3) is 0.844. The average molecular weight is 1500 g/mol. The lowest BCUT2D eigenvalue weighted by Gasteiger charge is -2.57. The largest absolute Gasteiger partial charge is 0.508 e. The van der Waals surface area contributed by atoms with Gasteiger partial charge in [0, 0.05) is 45.3 Å². The van der Waals surface area contributed by atoms with E-state index in [4.69, 9.17) is 37.9 Å². The number of ether oxygens (including phenoxy) is 8. The number of rotatable bonds is 62. The average Bonchev–Trinajstić information content (AvgIpc) is 0.762. The number of likely N-dealkylation sites (N-methyl/N-ethyl adjacent to an activating group) is 2. The van der Waals surface area contributed by atoms with Gasteiger partial charge < -0.3 is 52.6 Å². The molecule has 8 rings (SSSR count). The van der Waals surface area contributed by atoms with Gasteiger partial charge in [-0.25, -0.2) is 9.59 Å². The second-order valence-corrected chi connectivity index (χ2v) is 34.5. The van der Waals surface area contributed by atoms with E-state index in [0.29, 0.717) is 49.5 Å². The Morgan fingerprint density at radius 3 is 0.972 bits per heavy atom. The van der Waals surface area contributed by atoms with E-state index in [9.17, 15) is 28.8 Å². The standard InChI is InChI=1S/C46H80N2O7.C44H75NO7/c1-5-6-7-8-9-10-11-12-13-14-15-16-17-18-19-20-23-43(49)53-36-42(38-55-45(51)52-29-22-26-48(4)28-27-47(2)3)37-54-44(50)24-21-25-46-33-39-30-40(34-46)32-41(31-39)35-46;1-4-5-6-7-8-9-10-11-12-13-14-15-16-17-18-19-23-41(46)50-34-40(36-52-43(48)49-27-21-20-26-45(2)3)35-51-42(47)24-22-25-44-31-37-28-38(32-44)30-39(29-37)33-44/h9-10,12-13,39-42H,5-8,11,14-38H2,1-4H3;8-9,11-12,37-40H,4-7,10,13-36H2,1-3H3/b10-9-,13-12-;9-8-,12-11-. The van der Waals surface area contributed by atoms with Crippen LogP contribution in [-0.4, -0.2) is 165 Å². The third-order valence-corrected chi connectivity index (χ3v) is 23.5. The van der Waals surface area contributed by atoms with E-state index in [-0.39, 0.29) is 70.1 Å². The molecule has 0 radical (unpaired) electrons. The Morgan fingerprint density at radius 1 is 0.318 bits per heavy atom. The van der Waals surface area contributed by atoms with Crippen molar-refractivity contribution < 1.29 is 66.7 Å². The monoisotopic (exact) mass is 1500 g/mol. The van der Waals surface area contributed by atoms with Crippen LogP contribution in [0, 0.1) is 58.2 Å². The SMILES string of the molecule is CCCCC/C=C\C/C=C\CCCCCCCCC(=O)OCC(COC(=O)CCCC12CC3CC(CC(C3)C1)C2)COC(=O)OCCCCN(C)C.CCCCC/C=C\C/C=C\CCCCCCCCC(=O)OCC(COC(=O)CCCC12CC3CC(CC(C3)C1)C2)COC(=O)OCCCN(C)CCN(C)C. The van der Waals surface area contributed by atoms with Crippen molar-refractivity contribution in [2.45, 2.75) is 316 Å². The first-order valence-corrected chi connectivity index (χ1v) is 43.7. The number of carbonyl (C=O) groups excluding carboxylic acids is 6. The Morgan fingerprint density at radius 2 is 0.626 bits per heavy atom. The van der Waals surface area contributed by atoms with Crippen LogP contribution in [0.1, 0.15) is 316 Å².